The van der Waals surface area contributed by atoms with Crippen molar-refractivity contribution in [3.8, 4) is 5.69 Å². The summed E-state index contributed by atoms with van der Waals surface area (Å²) in [5, 5.41) is 4.06. The van der Waals surface area contributed by atoms with E-state index in [9.17, 15) is 13.2 Å². The van der Waals surface area contributed by atoms with E-state index >= 15 is 0 Å². The molecule has 3 rings (SSSR count). The molecule has 0 atom stereocenters. The minimum Gasteiger partial charge on any atom is -0.318 e. The molecule has 0 bridgehead atoms. The highest BCUT2D eigenvalue weighted by molar-refractivity contribution is 9.10. The Labute approximate surface area is 203 Å². The van der Waals surface area contributed by atoms with Crippen LogP contribution in [0.1, 0.15) is 28.1 Å². The van der Waals surface area contributed by atoms with Crippen LogP contribution < -0.4 is 9.73 Å². The number of hydrazone groups is 1. The van der Waals surface area contributed by atoms with E-state index < -0.39 is 15.9 Å². The van der Waals surface area contributed by atoms with Crippen molar-refractivity contribution in [1.29, 1.82) is 0 Å². The summed E-state index contributed by atoms with van der Waals surface area (Å²) in [4.78, 5) is 12.5. The Morgan fingerprint density at radius 3 is 2.36 bits per heavy atom. The van der Waals surface area contributed by atoms with Gasteiger partial charge in [-0.25, -0.2) is 13.8 Å². The molecule has 7 nitrogen and oxygen atoms in total. The van der Waals surface area contributed by atoms with Gasteiger partial charge in [0.15, 0.2) is 0 Å². The van der Waals surface area contributed by atoms with Crippen molar-refractivity contribution >= 4 is 43.8 Å². The lowest BCUT2D eigenvalue weighted by Crippen LogP contribution is -2.39. The summed E-state index contributed by atoms with van der Waals surface area (Å²) in [6.45, 7) is 7.36. The van der Waals surface area contributed by atoms with Crippen LogP contribution >= 0.6 is 15.9 Å². The Hall–Kier alpha value is -2.91. The first-order valence-corrected chi connectivity index (χ1v) is 12.9. The highest BCUT2D eigenvalue weighted by atomic mass is 79.9. The summed E-state index contributed by atoms with van der Waals surface area (Å²) in [5.41, 5.74) is 8.58. The van der Waals surface area contributed by atoms with Crippen molar-refractivity contribution in [1.82, 2.24) is 9.99 Å². The first-order chi connectivity index (χ1) is 15.5. The van der Waals surface area contributed by atoms with Crippen LogP contribution in [-0.4, -0.2) is 37.9 Å². The predicted octanol–water partition coefficient (Wildman–Crippen LogP) is 4.39. The van der Waals surface area contributed by atoms with Gasteiger partial charge in [0.2, 0.25) is 10.0 Å². The van der Waals surface area contributed by atoms with Crippen LogP contribution in [0.25, 0.3) is 5.69 Å². The summed E-state index contributed by atoms with van der Waals surface area (Å²) in [5.74, 6) is -0.529. The summed E-state index contributed by atoms with van der Waals surface area (Å²) in [7, 11) is -3.65. The smallest absolute Gasteiger partial charge is 0.260 e. The van der Waals surface area contributed by atoms with Crippen LogP contribution in [0.15, 0.2) is 58.1 Å². The van der Waals surface area contributed by atoms with Gasteiger partial charge in [0.1, 0.15) is 6.54 Å². The minimum atomic E-state index is -3.65. The van der Waals surface area contributed by atoms with E-state index in [1.54, 1.807) is 12.3 Å². The molecule has 1 amide bonds. The number of halogens is 1. The van der Waals surface area contributed by atoms with Crippen LogP contribution in [-0.2, 0) is 14.8 Å². The molecule has 0 spiro atoms. The van der Waals surface area contributed by atoms with Crippen molar-refractivity contribution < 1.29 is 13.2 Å². The third kappa shape index (κ3) is 5.91. The standard InChI is InChI=1S/C24H27BrN4O3S/c1-16-6-11-23(17(2)12-16)28(33(5,31)32)15-24(30)27-26-14-20-13-18(3)29(19(20)4)22-9-7-21(25)8-10-22/h6-14H,15H2,1-5H3,(H,27,30)/b26-14-. The van der Waals surface area contributed by atoms with Gasteiger partial charge in [0.25, 0.3) is 5.91 Å². The molecule has 1 N–H and O–H groups in total. The number of nitrogens with one attached hydrogen (secondary N) is 1. The molecule has 2 aromatic carbocycles. The second-order valence-corrected chi connectivity index (χ2v) is 10.8. The number of amides is 1. The third-order valence-electron chi connectivity index (χ3n) is 5.26. The van der Waals surface area contributed by atoms with E-state index in [1.165, 1.54) is 0 Å². The number of hydrogen-bond donors (Lipinski definition) is 1. The molecule has 0 saturated heterocycles. The second kappa shape index (κ2) is 9.93. The molecule has 0 unspecified atom stereocenters. The predicted molar refractivity (Wildman–Crippen MR) is 137 cm³/mol. The number of anilines is 1. The van der Waals surface area contributed by atoms with Gasteiger partial charge >= 0.3 is 0 Å². The summed E-state index contributed by atoms with van der Waals surface area (Å²) < 4.78 is 28.9. The number of sulfonamides is 1. The fourth-order valence-electron chi connectivity index (χ4n) is 3.71. The van der Waals surface area contributed by atoms with Crippen molar-refractivity contribution in [3.05, 3.63) is 81.1 Å². The fraction of sp³-hybridized carbons (Fsp3) is 0.250. The Morgan fingerprint density at radius 1 is 1.09 bits per heavy atom. The lowest BCUT2D eigenvalue weighted by Gasteiger charge is -2.23. The quantitative estimate of drug-likeness (QED) is 0.363. The number of aryl methyl sites for hydroxylation is 3. The molecule has 1 heterocycles. The number of aromatic nitrogens is 1. The number of benzene rings is 2. The molecule has 9 heteroatoms. The molecule has 1 aromatic heterocycles. The van der Waals surface area contributed by atoms with Crippen LogP contribution in [0.4, 0.5) is 5.69 Å². The van der Waals surface area contributed by atoms with Crippen molar-refractivity contribution in [2.75, 3.05) is 17.1 Å². The van der Waals surface area contributed by atoms with Crippen LogP contribution in [0.3, 0.4) is 0 Å². The topological polar surface area (TPSA) is 83.8 Å². The van der Waals surface area contributed by atoms with Crippen molar-refractivity contribution in [2.24, 2.45) is 5.10 Å². The summed E-state index contributed by atoms with van der Waals surface area (Å²) in [6, 6.07) is 15.4. The molecule has 0 saturated carbocycles. The van der Waals surface area contributed by atoms with E-state index in [4.69, 9.17) is 0 Å². The maximum atomic E-state index is 12.5. The van der Waals surface area contributed by atoms with Gasteiger partial charge in [-0.2, -0.15) is 5.10 Å². The van der Waals surface area contributed by atoms with E-state index in [-0.39, 0.29) is 6.54 Å². The van der Waals surface area contributed by atoms with Gasteiger partial charge in [0.05, 0.1) is 18.2 Å². The van der Waals surface area contributed by atoms with Gasteiger partial charge in [-0.3, -0.25) is 9.10 Å². The Bertz CT molecular complexity index is 1310. The maximum Gasteiger partial charge on any atom is 0.260 e. The van der Waals surface area contributed by atoms with Crippen LogP contribution in [0.5, 0.6) is 0 Å². The van der Waals surface area contributed by atoms with Gasteiger partial charge in [0, 0.05) is 27.1 Å². The molecule has 0 radical (unpaired) electrons. The molecular weight excluding hydrogens is 504 g/mol. The van der Waals surface area contributed by atoms with Gasteiger partial charge < -0.3 is 4.57 Å². The Kier molecular flexibility index (Phi) is 7.44. The Balaban J connectivity index is 1.75. The van der Waals surface area contributed by atoms with Crippen molar-refractivity contribution in [3.63, 3.8) is 0 Å². The van der Waals surface area contributed by atoms with Crippen molar-refractivity contribution in [2.45, 2.75) is 27.7 Å². The molecule has 0 aliphatic carbocycles. The molecule has 33 heavy (non-hydrogen) atoms. The third-order valence-corrected chi connectivity index (χ3v) is 6.91. The van der Waals surface area contributed by atoms with E-state index in [0.29, 0.717) is 5.69 Å². The Morgan fingerprint density at radius 2 is 1.76 bits per heavy atom. The molecule has 174 valence electrons. The fourth-order valence-corrected chi connectivity index (χ4v) is 4.89. The zero-order valence-corrected chi connectivity index (χ0v) is 21.7. The number of carbonyl (C=O) groups excluding carboxylic acids is 1. The monoisotopic (exact) mass is 530 g/mol. The SMILES string of the molecule is Cc1ccc(N(CC(=O)N/N=C\c2cc(C)n(-c3ccc(Br)cc3)c2C)S(C)(=O)=O)c(C)c1. The average Bonchev–Trinajstić information content (AvgIpc) is 3.00. The largest absolute Gasteiger partial charge is 0.318 e. The zero-order valence-electron chi connectivity index (χ0n) is 19.3. The number of nitrogens with zero attached hydrogens (tertiary/aromatic N) is 3. The number of carbonyl (C=O) groups is 1. The number of rotatable bonds is 7. The average molecular weight is 531 g/mol. The van der Waals surface area contributed by atoms with Gasteiger partial charge in [-0.05, 0) is 69.7 Å². The van der Waals surface area contributed by atoms with E-state index in [2.05, 4.69) is 31.0 Å². The summed E-state index contributed by atoms with van der Waals surface area (Å²) in [6.07, 6.45) is 2.65. The normalized spacial score (nSPS) is 11.7. The highest BCUT2D eigenvalue weighted by Gasteiger charge is 2.22. The van der Waals surface area contributed by atoms with E-state index in [1.807, 2.05) is 70.2 Å². The second-order valence-electron chi connectivity index (χ2n) is 7.99. The van der Waals surface area contributed by atoms with Crippen LogP contribution in [0.2, 0.25) is 0 Å². The zero-order chi connectivity index (χ0) is 24.3. The summed E-state index contributed by atoms with van der Waals surface area (Å²) >= 11 is 3.45. The lowest BCUT2D eigenvalue weighted by molar-refractivity contribution is -0.119. The minimum absolute atomic E-state index is 0.363. The molecular formula is C24H27BrN4O3S. The number of hydrogen-bond acceptors (Lipinski definition) is 4. The van der Waals surface area contributed by atoms with Crippen LogP contribution in [0, 0.1) is 27.7 Å². The molecule has 0 aliphatic heterocycles. The lowest BCUT2D eigenvalue weighted by atomic mass is 10.1. The molecule has 0 fully saturated rings. The van der Waals surface area contributed by atoms with Gasteiger partial charge in [-0.15, -0.1) is 0 Å². The van der Waals surface area contributed by atoms with Gasteiger partial charge in [-0.1, -0.05) is 33.6 Å². The molecule has 0 aliphatic rings. The molecule has 3 aromatic rings. The first-order valence-electron chi connectivity index (χ1n) is 10.3. The highest BCUT2D eigenvalue weighted by Crippen LogP contribution is 2.24. The first kappa shape index (κ1) is 24.7. The maximum absolute atomic E-state index is 12.5. The van der Waals surface area contributed by atoms with E-state index in [0.717, 1.165) is 48.8 Å².